The van der Waals surface area contributed by atoms with Crippen LogP contribution in [0.15, 0.2) is 24.3 Å². The first-order valence-electron chi connectivity index (χ1n) is 6.09. The minimum Gasteiger partial charge on any atom is -0.490 e. The van der Waals surface area contributed by atoms with Crippen molar-refractivity contribution >= 4 is 5.69 Å². The summed E-state index contributed by atoms with van der Waals surface area (Å²) in [5, 5.41) is 23.0. The first kappa shape index (κ1) is 13.3. The molecule has 1 fully saturated rings. The van der Waals surface area contributed by atoms with Crippen molar-refractivity contribution < 1.29 is 9.66 Å². The van der Waals surface area contributed by atoms with Crippen molar-refractivity contribution in [1.29, 1.82) is 5.26 Å². The Labute approximate surface area is 111 Å². The van der Waals surface area contributed by atoms with Gasteiger partial charge < -0.3 is 4.74 Å². The van der Waals surface area contributed by atoms with E-state index in [1.165, 1.54) is 12.1 Å². The third-order valence-electron chi connectivity index (χ3n) is 3.41. The third kappa shape index (κ3) is 2.83. The lowest BCUT2D eigenvalue weighted by molar-refractivity contribution is -0.384. The number of ether oxygens (including phenoxy) is 1. The van der Waals surface area contributed by atoms with E-state index in [0.29, 0.717) is 11.7 Å². The second-order valence-electron chi connectivity index (χ2n) is 4.65. The molecule has 0 heterocycles. The molecule has 1 saturated carbocycles. The minimum atomic E-state index is -0.704. The fourth-order valence-electron chi connectivity index (χ4n) is 2.03. The molecule has 0 spiro atoms. The molecule has 0 bridgehead atoms. The maximum absolute atomic E-state index is 10.7. The molecule has 0 amide bonds. The van der Waals surface area contributed by atoms with E-state index in [1.807, 2.05) is 0 Å². The van der Waals surface area contributed by atoms with Crippen molar-refractivity contribution in [3.63, 3.8) is 0 Å². The van der Waals surface area contributed by atoms with Crippen LogP contribution in [0, 0.1) is 27.4 Å². The maximum atomic E-state index is 10.7. The van der Waals surface area contributed by atoms with Gasteiger partial charge >= 0.3 is 0 Å². The first-order valence-corrected chi connectivity index (χ1v) is 6.09. The number of benzene rings is 1. The van der Waals surface area contributed by atoms with Gasteiger partial charge in [-0.15, -0.1) is 0 Å². The van der Waals surface area contributed by atoms with E-state index in [4.69, 9.17) is 4.74 Å². The number of rotatable bonds is 6. The highest BCUT2D eigenvalue weighted by Gasteiger charge is 2.45. The normalized spacial score (nSPS) is 17.3. The summed E-state index contributed by atoms with van der Waals surface area (Å²) in [5.41, 5.74) is -0.721. The predicted octanol–water partition coefficient (Wildman–Crippen LogP) is 1.87. The molecule has 1 N–H and O–H groups in total. The smallest absolute Gasteiger partial charge is 0.273 e. The zero-order valence-corrected chi connectivity index (χ0v) is 10.6. The molecule has 6 nitrogen and oxygen atoms in total. The fourth-order valence-corrected chi connectivity index (χ4v) is 2.03. The molecule has 1 aliphatic carbocycles. The Morgan fingerprint density at radius 3 is 2.89 bits per heavy atom. The molecule has 2 rings (SSSR count). The summed E-state index contributed by atoms with van der Waals surface area (Å²) >= 11 is 0. The average molecular weight is 261 g/mol. The lowest BCUT2D eigenvalue weighted by Crippen LogP contribution is -2.49. The van der Waals surface area contributed by atoms with Crippen LogP contribution >= 0.6 is 0 Å². The van der Waals surface area contributed by atoms with Gasteiger partial charge in [0.05, 0.1) is 17.1 Å². The molecule has 0 aliphatic heterocycles. The molecule has 0 saturated heterocycles. The SMILES string of the molecule is CNC(C#N)(COc1cccc([N+](=O)[O-])c1)C1CC1. The molecule has 6 heteroatoms. The highest BCUT2D eigenvalue weighted by molar-refractivity contribution is 5.38. The molecule has 1 aromatic rings. The number of nitro groups is 1. The Hall–Kier alpha value is -2.13. The van der Waals surface area contributed by atoms with Gasteiger partial charge in [-0.2, -0.15) is 5.26 Å². The fraction of sp³-hybridized carbons (Fsp3) is 0.462. The van der Waals surface area contributed by atoms with Gasteiger partial charge in [-0.25, -0.2) is 0 Å². The molecular formula is C13H15N3O3. The Morgan fingerprint density at radius 2 is 2.37 bits per heavy atom. The Morgan fingerprint density at radius 1 is 1.63 bits per heavy atom. The van der Waals surface area contributed by atoms with Crippen LogP contribution in [0.5, 0.6) is 5.75 Å². The molecule has 0 radical (unpaired) electrons. The Balaban J connectivity index is 2.07. The second-order valence-corrected chi connectivity index (χ2v) is 4.65. The molecule has 1 atom stereocenters. The van der Waals surface area contributed by atoms with Crippen molar-refractivity contribution in [1.82, 2.24) is 5.32 Å². The summed E-state index contributed by atoms with van der Waals surface area (Å²) in [4.78, 5) is 10.2. The average Bonchev–Trinajstić information content (AvgIpc) is 3.26. The van der Waals surface area contributed by atoms with Gasteiger partial charge in [0.2, 0.25) is 0 Å². The standard InChI is InChI=1S/C13H15N3O3/c1-15-13(8-14,10-5-6-10)9-19-12-4-2-3-11(7-12)16(17)18/h2-4,7,10,15H,5-6,9H2,1H3. The van der Waals surface area contributed by atoms with Crippen molar-refractivity contribution in [2.75, 3.05) is 13.7 Å². The van der Waals surface area contributed by atoms with E-state index in [-0.39, 0.29) is 12.3 Å². The number of hydrogen-bond acceptors (Lipinski definition) is 5. The first-order chi connectivity index (χ1) is 9.11. The minimum absolute atomic E-state index is 0.0177. The summed E-state index contributed by atoms with van der Waals surface area (Å²) < 4.78 is 5.56. The molecule has 0 aromatic heterocycles. The van der Waals surface area contributed by atoms with Crippen molar-refractivity contribution in [3.05, 3.63) is 34.4 Å². The van der Waals surface area contributed by atoms with Crippen LogP contribution in [0.2, 0.25) is 0 Å². The van der Waals surface area contributed by atoms with Crippen LogP contribution in [0.25, 0.3) is 0 Å². The zero-order chi connectivity index (χ0) is 13.9. The van der Waals surface area contributed by atoms with E-state index < -0.39 is 10.5 Å². The summed E-state index contributed by atoms with van der Waals surface area (Å²) in [6.07, 6.45) is 2.01. The van der Waals surface area contributed by atoms with Gasteiger partial charge in [0.1, 0.15) is 17.9 Å². The quantitative estimate of drug-likeness (QED) is 0.623. The van der Waals surface area contributed by atoms with Gasteiger partial charge in [0.25, 0.3) is 5.69 Å². The van der Waals surface area contributed by atoms with Crippen LogP contribution in [0.1, 0.15) is 12.8 Å². The molecule has 19 heavy (non-hydrogen) atoms. The highest BCUT2D eigenvalue weighted by atomic mass is 16.6. The lowest BCUT2D eigenvalue weighted by Gasteiger charge is -2.25. The van der Waals surface area contributed by atoms with E-state index in [0.717, 1.165) is 12.8 Å². The number of likely N-dealkylation sites (N-methyl/N-ethyl adjacent to an activating group) is 1. The number of nitrogens with zero attached hydrogens (tertiary/aromatic N) is 2. The molecular weight excluding hydrogens is 246 g/mol. The van der Waals surface area contributed by atoms with Crippen LogP contribution < -0.4 is 10.1 Å². The number of nitrogens with one attached hydrogen (secondary N) is 1. The largest absolute Gasteiger partial charge is 0.490 e. The summed E-state index contributed by atoms with van der Waals surface area (Å²) in [5.74, 6) is 0.700. The Kier molecular flexibility index (Phi) is 3.67. The van der Waals surface area contributed by atoms with Gasteiger partial charge in [-0.1, -0.05) is 6.07 Å². The number of hydrogen-bond donors (Lipinski definition) is 1. The summed E-state index contributed by atoms with van der Waals surface area (Å²) in [6.45, 7) is 0.186. The zero-order valence-electron chi connectivity index (χ0n) is 10.6. The molecule has 1 unspecified atom stereocenters. The maximum Gasteiger partial charge on any atom is 0.273 e. The molecule has 1 aliphatic rings. The summed E-state index contributed by atoms with van der Waals surface area (Å²) in [6, 6.07) is 8.25. The van der Waals surface area contributed by atoms with Crippen LogP contribution in [0.4, 0.5) is 5.69 Å². The molecule has 1 aromatic carbocycles. The van der Waals surface area contributed by atoms with Crippen molar-refractivity contribution in [3.8, 4) is 11.8 Å². The van der Waals surface area contributed by atoms with Gasteiger partial charge in [-0.3, -0.25) is 15.4 Å². The van der Waals surface area contributed by atoms with Crippen molar-refractivity contribution in [2.24, 2.45) is 5.92 Å². The van der Waals surface area contributed by atoms with Crippen LogP contribution in [-0.2, 0) is 0 Å². The second kappa shape index (κ2) is 5.24. The van der Waals surface area contributed by atoms with Gasteiger partial charge in [0, 0.05) is 6.07 Å². The van der Waals surface area contributed by atoms with E-state index in [1.54, 1.807) is 19.2 Å². The highest BCUT2D eigenvalue weighted by Crippen LogP contribution is 2.39. The van der Waals surface area contributed by atoms with Crippen molar-refractivity contribution in [2.45, 2.75) is 18.4 Å². The third-order valence-corrected chi connectivity index (χ3v) is 3.41. The van der Waals surface area contributed by atoms with Gasteiger partial charge in [0.15, 0.2) is 0 Å². The Bertz CT molecular complexity index is 522. The monoisotopic (exact) mass is 261 g/mol. The number of non-ortho nitro benzene ring substituents is 1. The number of nitro benzene ring substituents is 1. The lowest BCUT2D eigenvalue weighted by atomic mass is 9.96. The van der Waals surface area contributed by atoms with Crippen LogP contribution in [-0.4, -0.2) is 24.1 Å². The predicted molar refractivity (Wildman–Crippen MR) is 68.7 cm³/mol. The summed E-state index contributed by atoms with van der Waals surface area (Å²) in [7, 11) is 1.73. The van der Waals surface area contributed by atoms with E-state index in [2.05, 4.69) is 11.4 Å². The topological polar surface area (TPSA) is 88.2 Å². The van der Waals surface area contributed by atoms with Crippen LogP contribution in [0.3, 0.4) is 0 Å². The number of nitriles is 1. The van der Waals surface area contributed by atoms with E-state index >= 15 is 0 Å². The molecule has 100 valence electrons. The van der Waals surface area contributed by atoms with Gasteiger partial charge in [-0.05, 0) is 31.9 Å². The van der Waals surface area contributed by atoms with E-state index in [9.17, 15) is 15.4 Å².